The minimum atomic E-state index is -3.61. The second kappa shape index (κ2) is 10.4. The maximum Gasteiger partial charge on any atom is 0.280 e. The number of anilines is 1. The molecule has 1 aliphatic heterocycles. The third kappa shape index (κ3) is 5.44. The first-order chi connectivity index (χ1) is 16.8. The van der Waals surface area contributed by atoms with Crippen molar-refractivity contribution in [3.8, 4) is 11.4 Å². The molecule has 0 radical (unpaired) electrons. The largest absolute Gasteiger partial charge is 0.494 e. The van der Waals surface area contributed by atoms with Crippen LogP contribution in [0.15, 0.2) is 70.5 Å². The molecule has 1 fully saturated rings. The van der Waals surface area contributed by atoms with Crippen molar-refractivity contribution in [2.24, 2.45) is 0 Å². The zero-order chi connectivity index (χ0) is 25.0. The number of ether oxygens (including phenoxy) is 1. The molecule has 10 heteroatoms. The predicted octanol–water partition coefficient (Wildman–Crippen LogP) is 3.45. The van der Waals surface area contributed by atoms with E-state index in [2.05, 4.69) is 10.4 Å². The standard InChI is InChI=1S/C25H28N4O5S/c1-3-34-21-11-9-20(10-12-21)28-17-15-23(30)24(27-28)25(31)26-19-7-13-22(14-8-19)35(32,33)29-16-5-4-6-18(29)2/h7-15,17-18H,3-6,16H2,1-2H3,(H,26,31). The van der Waals surface area contributed by atoms with E-state index in [1.165, 1.54) is 45.5 Å². The Balaban J connectivity index is 1.51. The van der Waals surface area contributed by atoms with Gasteiger partial charge in [0.2, 0.25) is 15.5 Å². The molecule has 3 aromatic rings. The summed E-state index contributed by atoms with van der Waals surface area (Å²) in [7, 11) is -3.61. The summed E-state index contributed by atoms with van der Waals surface area (Å²) < 4.78 is 34.4. The first kappa shape index (κ1) is 24.6. The lowest BCUT2D eigenvalue weighted by atomic mass is 10.1. The Morgan fingerprint density at radius 1 is 1.09 bits per heavy atom. The quantitative estimate of drug-likeness (QED) is 0.536. The van der Waals surface area contributed by atoms with Gasteiger partial charge in [0, 0.05) is 30.5 Å². The molecule has 35 heavy (non-hydrogen) atoms. The third-order valence-corrected chi connectivity index (χ3v) is 7.92. The van der Waals surface area contributed by atoms with Gasteiger partial charge >= 0.3 is 0 Å². The topological polar surface area (TPSA) is 111 Å². The van der Waals surface area contributed by atoms with E-state index < -0.39 is 21.4 Å². The van der Waals surface area contributed by atoms with Gasteiger partial charge in [0.05, 0.1) is 17.2 Å². The lowest BCUT2D eigenvalue weighted by Crippen LogP contribution is -2.41. The fraction of sp³-hybridized carbons (Fsp3) is 0.320. The highest BCUT2D eigenvalue weighted by molar-refractivity contribution is 7.89. The summed E-state index contributed by atoms with van der Waals surface area (Å²) in [6, 6.07) is 14.3. The minimum absolute atomic E-state index is 0.0465. The Bertz CT molecular complexity index is 1350. The van der Waals surface area contributed by atoms with Crippen LogP contribution in [0.1, 0.15) is 43.6 Å². The van der Waals surface area contributed by atoms with Crippen LogP contribution in [0.2, 0.25) is 0 Å². The van der Waals surface area contributed by atoms with Crippen molar-refractivity contribution in [2.45, 2.75) is 44.0 Å². The first-order valence-corrected chi connectivity index (χ1v) is 13.0. The van der Waals surface area contributed by atoms with Gasteiger partial charge in [0.1, 0.15) is 5.75 Å². The lowest BCUT2D eigenvalue weighted by Gasteiger charge is -2.32. The summed E-state index contributed by atoms with van der Waals surface area (Å²) in [5.41, 5.74) is 0.213. The molecule has 1 unspecified atom stereocenters. The SMILES string of the molecule is CCOc1ccc(-n2ccc(=O)c(C(=O)Nc3ccc(S(=O)(=O)N4CCCCC4C)cc3)n2)cc1. The third-order valence-electron chi connectivity index (χ3n) is 5.90. The van der Waals surface area contributed by atoms with Gasteiger partial charge in [-0.05, 0) is 75.2 Å². The van der Waals surface area contributed by atoms with E-state index in [1.54, 1.807) is 24.3 Å². The number of nitrogens with one attached hydrogen (secondary N) is 1. The highest BCUT2D eigenvalue weighted by atomic mass is 32.2. The van der Waals surface area contributed by atoms with Crippen LogP contribution >= 0.6 is 0 Å². The van der Waals surface area contributed by atoms with Gasteiger partial charge in [0.25, 0.3) is 5.91 Å². The van der Waals surface area contributed by atoms with Crippen LogP contribution in [0.4, 0.5) is 5.69 Å². The summed E-state index contributed by atoms with van der Waals surface area (Å²) in [4.78, 5) is 25.3. The molecule has 2 heterocycles. The van der Waals surface area contributed by atoms with Crippen LogP contribution in [0.3, 0.4) is 0 Å². The molecule has 1 amide bonds. The number of hydrogen-bond donors (Lipinski definition) is 1. The highest BCUT2D eigenvalue weighted by Crippen LogP contribution is 2.26. The molecule has 0 aliphatic carbocycles. The number of rotatable bonds is 7. The molecule has 4 rings (SSSR count). The molecule has 0 spiro atoms. The van der Waals surface area contributed by atoms with E-state index in [0.29, 0.717) is 30.3 Å². The van der Waals surface area contributed by atoms with Gasteiger partial charge in [-0.3, -0.25) is 9.59 Å². The van der Waals surface area contributed by atoms with Crippen LogP contribution in [-0.4, -0.2) is 47.6 Å². The van der Waals surface area contributed by atoms with Crippen LogP contribution in [0.5, 0.6) is 5.75 Å². The molecular formula is C25H28N4O5S. The molecule has 2 aromatic carbocycles. The predicted molar refractivity (Wildman–Crippen MR) is 133 cm³/mol. The Kier molecular flexibility index (Phi) is 7.32. The van der Waals surface area contributed by atoms with Gasteiger partial charge in [-0.15, -0.1) is 0 Å². The Hall–Kier alpha value is -3.50. The monoisotopic (exact) mass is 496 g/mol. The number of hydrogen-bond acceptors (Lipinski definition) is 6. The second-order valence-corrected chi connectivity index (χ2v) is 10.2. The van der Waals surface area contributed by atoms with Crippen LogP contribution in [-0.2, 0) is 10.0 Å². The summed E-state index contributed by atoms with van der Waals surface area (Å²) in [5.74, 6) is 0.0195. The average Bonchev–Trinajstić information content (AvgIpc) is 2.85. The minimum Gasteiger partial charge on any atom is -0.494 e. The first-order valence-electron chi connectivity index (χ1n) is 11.6. The summed E-state index contributed by atoms with van der Waals surface area (Å²) in [6.07, 6.45) is 4.18. The Labute approximate surface area is 204 Å². The summed E-state index contributed by atoms with van der Waals surface area (Å²) in [5, 5.41) is 6.82. The Morgan fingerprint density at radius 3 is 2.46 bits per heavy atom. The number of amides is 1. The molecule has 184 valence electrons. The van der Waals surface area contributed by atoms with Crippen molar-refractivity contribution >= 4 is 21.6 Å². The van der Waals surface area contributed by atoms with Gasteiger partial charge in [0.15, 0.2) is 5.69 Å². The normalized spacial score (nSPS) is 16.6. The number of piperidine rings is 1. The zero-order valence-corrected chi connectivity index (χ0v) is 20.5. The van der Waals surface area contributed by atoms with E-state index in [1.807, 2.05) is 13.8 Å². The van der Waals surface area contributed by atoms with Crippen molar-refractivity contribution in [1.29, 1.82) is 0 Å². The van der Waals surface area contributed by atoms with E-state index in [0.717, 1.165) is 19.3 Å². The van der Waals surface area contributed by atoms with E-state index in [4.69, 9.17) is 4.74 Å². The Morgan fingerprint density at radius 2 is 1.80 bits per heavy atom. The van der Waals surface area contributed by atoms with Gasteiger partial charge in [-0.25, -0.2) is 13.1 Å². The van der Waals surface area contributed by atoms with Crippen LogP contribution in [0, 0.1) is 0 Å². The molecule has 1 aliphatic rings. The number of carbonyl (C=O) groups excluding carboxylic acids is 1. The molecule has 1 atom stereocenters. The fourth-order valence-corrected chi connectivity index (χ4v) is 5.73. The number of sulfonamides is 1. The van der Waals surface area contributed by atoms with E-state index in [-0.39, 0.29) is 16.6 Å². The second-order valence-electron chi connectivity index (χ2n) is 8.34. The number of benzene rings is 2. The van der Waals surface area contributed by atoms with Gasteiger partial charge < -0.3 is 10.1 Å². The van der Waals surface area contributed by atoms with Gasteiger partial charge in [-0.1, -0.05) is 6.42 Å². The highest BCUT2D eigenvalue weighted by Gasteiger charge is 2.30. The van der Waals surface area contributed by atoms with Crippen molar-refractivity contribution in [2.75, 3.05) is 18.5 Å². The number of carbonyl (C=O) groups is 1. The molecule has 1 N–H and O–H groups in total. The number of aromatic nitrogens is 2. The smallest absolute Gasteiger partial charge is 0.280 e. The molecule has 1 saturated heterocycles. The van der Waals surface area contributed by atoms with Crippen molar-refractivity contribution < 1.29 is 17.9 Å². The van der Waals surface area contributed by atoms with E-state index in [9.17, 15) is 18.0 Å². The van der Waals surface area contributed by atoms with Crippen molar-refractivity contribution in [1.82, 2.24) is 14.1 Å². The average molecular weight is 497 g/mol. The molecule has 0 bridgehead atoms. The van der Waals surface area contributed by atoms with Crippen molar-refractivity contribution in [3.63, 3.8) is 0 Å². The van der Waals surface area contributed by atoms with Crippen molar-refractivity contribution in [3.05, 3.63) is 76.7 Å². The number of nitrogens with zero attached hydrogens (tertiary/aromatic N) is 3. The van der Waals surface area contributed by atoms with Crippen LogP contribution in [0.25, 0.3) is 5.69 Å². The maximum atomic E-state index is 13.0. The zero-order valence-electron chi connectivity index (χ0n) is 19.7. The summed E-state index contributed by atoms with van der Waals surface area (Å²) >= 11 is 0. The molecule has 1 aromatic heterocycles. The molecular weight excluding hydrogens is 468 g/mol. The molecule has 0 saturated carbocycles. The van der Waals surface area contributed by atoms with E-state index >= 15 is 0 Å². The van der Waals surface area contributed by atoms with Crippen LogP contribution < -0.4 is 15.5 Å². The molecule has 9 nitrogen and oxygen atoms in total. The maximum absolute atomic E-state index is 13.0. The fourth-order valence-electron chi connectivity index (χ4n) is 4.04. The van der Waals surface area contributed by atoms with Gasteiger partial charge in [-0.2, -0.15) is 9.40 Å². The summed E-state index contributed by atoms with van der Waals surface area (Å²) in [6.45, 7) is 4.86. The lowest BCUT2D eigenvalue weighted by molar-refractivity contribution is 0.101.